The fourth-order valence-electron chi connectivity index (χ4n) is 9.76. The van der Waals surface area contributed by atoms with E-state index in [0.29, 0.717) is 69.0 Å². The summed E-state index contributed by atoms with van der Waals surface area (Å²) in [4.78, 5) is 43.9. The number of ketones is 1. The normalized spacial score (nSPS) is 33.8. The molecule has 6 atom stereocenters. The van der Waals surface area contributed by atoms with E-state index in [1.807, 2.05) is 76.2 Å². The molecular formula is C42H55NO6. The molecule has 2 N–H and O–H groups in total. The van der Waals surface area contributed by atoms with Crippen LogP contribution in [-0.4, -0.2) is 63.2 Å². The Hall–Kier alpha value is -3.29. The zero-order valence-corrected chi connectivity index (χ0v) is 30.3. The van der Waals surface area contributed by atoms with Gasteiger partial charge < -0.3 is 19.8 Å². The fourth-order valence-corrected chi connectivity index (χ4v) is 9.76. The molecule has 1 aliphatic heterocycles. The van der Waals surface area contributed by atoms with Crippen LogP contribution in [0, 0.1) is 16.2 Å². The number of nitrogens with zero attached hydrogens (tertiary/aromatic N) is 1. The Morgan fingerprint density at radius 1 is 0.980 bits per heavy atom. The largest absolute Gasteiger partial charge is 0.448 e. The first-order valence-electron chi connectivity index (χ1n) is 18.4. The van der Waals surface area contributed by atoms with Crippen molar-refractivity contribution in [3.8, 4) is 0 Å². The van der Waals surface area contributed by atoms with E-state index < -0.39 is 33.6 Å². The molecule has 1 heterocycles. The molecule has 0 radical (unpaired) electrons. The van der Waals surface area contributed by atoms with Crippen molar-refractivity contribution in [2.24, 2.45) is 16.2 Å². The molecular weight excluding hydrogens is 614 g/mol. The third kappa shape index (κ3) is 5.60. The van der Waals surface area contributed by atoms with E-state index in [1.165, 1.54) is 5.57 Å². The lowest BCUT2D eigenvalue weighted by atomic mass is 9.64. The number of benzene rings is 2. The first-order chi connectivity index (χ1) is 23.1. The Morgan fingerprint density at radius 3 is 2.37 bits per heavy atom. The molecule has 7 rings (SSSR count). The Labute approximate surface area is 292 Å². The van der Waals surface area contributed by atoms with Crippen molar-refractivity contribution >= 4 is 17.7 Å². The van der Waals surface area contributed by atoms with Crippen LogP contribution in [0.25, 0.3) is 0 Å². The van der Waals surface area contributed by atoms with Crippen LogP contribution in [0.15, 0.2) is 60.2 Å². The highest BCUT2D eigenvalue weighted by atomic mass is 16.6. The number of aliphatic hydroxyl groups is 2. The first kappa shape index (κ1) is 35.5. The molecule has 1 amide bonds. The number of aliphatic hydroxyl groups excluding tert-OH is 1. The summed E-state index contributed by atoms with van der Waals surface area (Å²) in [6.07, 6.45) is 7.88. The van der Waals surface area contributed by atoms with Gasteiger partial charge in [0.05, 0.1) is 23.7 Å². The van der Waals surface area contributed by atoms with E-state index >= 15 is 0 Å². The maximum Gasteiger partial charge on any atom is 0.313 e. The zero-order valence-electron chi connectivity index (χ0n) is 30.3. The van der Waals surface area contributed by atoms with E-state index in [9.17, 15) is 24.6 Å². The molecule has 7 heteroatoms. The highest BCUT2D eigenvalue weighted by Crippen LogP contribution is 2.66. The number of ether oxygens (including phenoxy) is 1. The minimum atomic E-state index is -1.26. The zero-order chi connectivity index (χ0) is 35.4. The summed E-state index contributed by atoms with van der Waals surface area (Å²) in [5.74, 6) is -0.721. The van der Waals surface area contributed by atoms with Gasteiger partial charge in [0.15, 0.2) is 11.4 Å². The SMILES string of the molecule is CCCN(C[C@]1(O)CC[C@H]2c3ccc(cc3C(=O)c3ccccc3)C[C@@H](O)CCC(C)=CCC[C@@]21C)C(=O)[C@@]12CC[C@@](C)(C(=O)O1)C2(C)C. The van der Waals surface area contributed by atoms with Crippen molar-refractivity contribution in [2.45, 2.75) is 129 Å². The maximum atomic E-state index is 14.7. The van der Waals surface area contributed by atoms with Gasteiger partial charge in [-0.3, -0.25) is 14.4 Å². The smallest absolute Gasteiger partial charge is 0.313 e. The van der Waals surface area contributed by atoms with Gasteiger partial charge in [0.2, 0.25) is 0 Å². The molecule has 49 heavy (non-hydrogen) atoms. The quantitative estimate of drug-likeness (QED) is 0.182. The van der Waals surface area contributed by atoms with Gasteiger partial charge in [0.1, 0.15) is 0 Å². The van der Waals surface area contributed by atoms with E-state index in [0.717, 1.165) is 24.0 Å². The summed E-state index contributed by atoms with van der Waals surface area (Å²) in [6.45, 7) is 12.7. The van der Waals surface area contributed by atoms with Gasteiger partial charge in [0, 0.05) is 28.5 Å². The molecule has 0 spiro atoms. The van der Waals surface area contributed by atoms with Gasteiger partial charge in [-0.25, -0.2) is 0 Å². The van der Waals surface area contributed by atoms with E-state index in [-0.39, 0.29) is 30.1 Å². The number of esters is 1. The van der Waals surface area contributed by atoms with Gasteiger partial charge in [-0.1, -0.05) is 81.8 Å². The molecule has 0 aromatic heterocycles. The average molecular weight is 670 g/mol. The second-order valence-electron chi connectivity index (χ2n) is 16.5. The van der Waals surface area contributed by atoms with Crippen molar-refractivity contribution in [3.05, 3.63) is 82.4 Å². The van der Waals surface area contributed by atoms with Gasteiger partial charge in [0.25, 0.3) is 5.91 Å². The number of hydrogen-bond acceptors (Lipinski definition) is 6. The van der Waals surface area contributed by atoms with Crippen molar-refractivity contribution in [1.29, 1.82) is 0 Å². The van der Waals surface area contributed by atoms with Crippen LogP contribution in [-0.2, 0) is 20.7 Å². The molecule has 3 fully saturated rings. The number of allylic oxidation sites excluding steroid dienone is 2. The molecule has 2 aromatic rings. The molecule has 4 aliphatic carbocycles. The summed E-state index contributed by atoms with van der Waals surface area (Å²) in [5, 5.41) is 23.9. The third-order valence-electron chi connectivity index (χ3n) is 13.6. The predicted molar refractivity (Wildman–Crippen MR) is 190 cm³/mol. The second-order valence-corrected chi connectivity index (χ2v) is 16.5. The first-order valence-corrected chi connectivity index (χ1v) is 18.4. The number of fused-ring (bicyclic) bond motifs is 10. The number of carbonyl (C=O) groups excluding carboxylic acids is 3. The minimum absolute atomic E-state index is 0.0657. The standard InChI is InChI=1S/C42H55NO6/c1-7-24-43(36(46)42-23-22-40(6,37(47)49-42)38(42,3)4)27-41(48)21-19-34-32-18-16-29(26-33(32)35(45)30-13-9-8-10-14-30)25-31(44)17-15-28(2)12-11-20-39(34,41)5/h8-10,12-14,16,18,26,31,34,44,48H,7,11,15,17,19-25,27H2,1-6H3/t31-,34-,39-,40-,41+,42+/m0/s1. The number of hydrogen-bond donors (Lipinski definition) is 2. The summed E-state index contributed by atoms with van der Waals surface area (Å²) in [6, 6.07) is 15.4. The highest BCUT2D eigenvalue weighted by molar-refractivity contribution is 6.10. The lowest BCUT2D eigenvalue weighted by molar-refractivity contribution is -0.177. The van der Waals surface area contributed by atoms with Crippen LogP contribution in [0.3, 0.4) is 0 Å². The van der Waals surface area contributed by atoms with Crippen LogP contribution in [0.4, 0.5) is 0 Å². The van der Waals surface area contributed by atoms with Gasteiger partial charge in [-0.05, 0) is 101 Å². The molecule has 2 saturated carbocycles. The maximum absolute atomic E-state index is 14.7. The Morgan fingerprint density at radius 2 is 1.71 bits per heavy atom. The fraction of sp³-hybridized carbons (Fsp3) is 0.595. The van der Waals surface area contributed by atoms with Crippen LogP contribution >= 0.6 is 0 Å². The van der Waals surface area contributed by atoms with Gasteiger partial charge >= 0.3 is 5.97 Å². The summed E-state index contributed by atoms with van der Waals surface area (Å²) in [7, 11) is 0. The van der Waals surface area contributed by atoms with Crippen molar-refractivity contribution < 1.29 is 29.3 Å². The number of carbonyl (C=O) groups is 3. The van der Waals surface area contributed by atoms with E-state index in [4.69, 9.17) is 4.74 Å². The lowest BCUT2D eigenvalue weighted by Crippen LogP contribution is -2.60. The summed E-state index contributed by atoms with van der Waals surface area (Å²) >= 11 is 0. The Balaban J connectivity index is 1.42. The third-order valence-corrected chi connectivity index (χ3v) is 13.6. The molecule has 4 bridgehead atoms. The van der Waals surface area contributed by atoms with Gasteiger partial charge in [-0.2, -0.15) is 0 Å². The van der Waals surface area contributed by atoms with E-state index in [1.54, 1.807) is 4.90 Å². The van der Waals surface area contributed by atoms with Gasteiger partial charge in [-0.15, -0.1) is 0 Å². The molecule has 264 valence electrons. The summed E-state index contributed by atoms with van der Waals surface area (Å²) in [5.41, 5.74) is -0.331. The Bertz CT molecular complexity index is 1650. The van der Waals surface area contributed by atoms with Crippen LogP contribution in [0.1, 0.15) is 132 Å². The van der Waals surface area contributed by atoms with E-state index in [2.05, 4.69) is 19.9 Å². The topological polar surface area (TPSA) is 104 Å². The number of amides is 1. The average Bonchev–Trinajstić information content (AvgIpc) is 3.51. The monoisotopic (exact) mass is 669 g/mol. The summed E-state index contributed by atoms with van der Waals surface area (Å²) < 4.78 is 6.04. The molecule has 2 aromatic carbocycles. The van der Waals surface area contributed by atoms with Crippen LogP contribution in [0.2, 0.25) is 0 Å². The van der Waals surface area contributed by atoms with Crippen LogP contribution in [0.5, 0.6) is 0 Å². The highest BCUT2D eigenvalue weighted by Gasteiger charge is 2.76. The van der Waals surface area contributed by atoms with Crippen molar-refractivity contribution in [3.63, 3.8) is 0 Å². The number of rotatable bonds is 7. The molecule has 7 nitrogen and oxygen atoms in total. The van der Waals surface area contributed by atoms with Crippen molar-refractivity contribution in [1.82, 2.24) is 4.90 Å². The second kappa shape index (κ2) is 12.8. The van der Waals surface area contributed by atoms with Crippen molar-refractivity contribution in [2.75, 3.05) is 13.1 Å². The lowest BCUT2D eigenvalue weighted by Gasteiger charge is -2.47. The Kier molecular flexibility index (Phi) is 9.28. The van der Waals surface area contributed by atoms with Crippen LogP contribution < -0.4 is 0 Å². The molecule has 0 unspecified atom stereocenters. The molecule has 5 aliphatic rings. The molecule has 1 saturated heterocycles. The minimum Gasteiger partial charge on any atom is -0.448 e. The predicted octanol–water partition coefficient (Wildman–Crippen LogP) is 7.32.